The van der Waals surface area contributed by atoms with Crippen molar-refractivity contribution in [3.63, 3.8) is 0 Å². The molecule has 1 amide bonds. The van der Waals surface area contributed by atoms with Gasteiger partial charge in [-0.2, -0.15) is 0 Å². The van der Waals surface area contributed by atoms with Crippen molar-refractivity contribution in [2.75, 3.05) is 40.3 Å². The van der Waals surface area contributed by atoms with Crippen LogP contribution in [0.4, 0.5) is 0 Å². The second-order valence-corrected chi connectivity index (χ2v) is 5.75. The zero-order valence-electron chi connectivity index (χ0n) is 12.8. The summed E-state index contributed by atoms with van der Waals surface area (Å²) in [6, 6.07) is 0. The number of amides is 1. The molecule has 18 heavy (non-hydrogen) atoms. The minimum Gasteiger partial charge on any atom is -0.341 e. The molecule has 0 fully saturated rings. The molecule has 1 unspecified atom stereocenters. The van der Waals surface area contributed by atoms with Crippen LogP contribution in [0, 0.1) is 11.8 Å². The molecule has 0 heterocycles. The van der Waals surface area contributed by atoms with Crippen molar-refractivity contribution in [1.29, 1.82) is 0 Å². The predicted molar refractivity (Wildman–Crippen MR) is 77.4 cm³/mol. The van der Waals surface area contributed by atoms with Gasteiger partial charge >= 0.3 is 0 Å². The number of hydrogen-bond donors (Lipinski definition) is 1. The van der Waals surface area contributed by atoms with Gasteiger partial charge in [0.15, 0.2) is 0 Å². The average molecular weight is 257 g/mol. The van der Waals surface area contributed by atoms with Crippen LogP contribution in [-0.4, -0.2) is 56.0 Å². The van der Waals surface area contributed by atoms with Gasteiger partial charge in [0.05, 0.1) is 0 Å². The summed E-state index contributed by atoms with van der Waals surface area (Å²) in [6.45, 7) is 9.56. The van der Waals surface area contributed by atoms with Crippen LogP contribution in [0.5, 0.6) is 0 Å². The Bertz CT molecular complexity index is 225. The van der Waals surface area contributed by atoms with Crippen molar-refractivity contribution >= 4 is 5.91 Å². The topological polar surface area (TPSA) is 49.6 Å². The van der Waals surface area contributed by atoms with Crippen molar-refractivity contribution in [2.24, 2.45) is 17.6 Å². The van der Waals surface area contributed by atoms with Gasteiger partial charge in [-0.25, -0.2) is 0 Å². The third-order valence-electron chi connectivity index (χ3n) is 3.13. The lowest BCUT2D eigenvalue weighted by Gasteiger charge is -2.27. The molecule has 0 aromatic heterocycles. The Morgan fingerprint density at radius 1 is 1.22 bits per heavy atom. The predicted octanol–water partition coefficient (Wildman–Crippen LogP) is 1.41. The number of carbonyl (C=O) groups excluding carboxylic acids is 1. The molecule has 4 nitrogen and oxygen atoms in total. The Kier molecular flexibility index (Phi) is 9.02. The molecule has 0 saturated carbocycles. The van der Waals surface area contributed by atoms with Gasteiger partial charge in [-0.05, 0) is 32.5 Å². The fraction of sp³-hybridized carbons (Fsp3) is 0.929. The van der Waals surface area contributed by atoms with Gasteiger partial charge in [0.1, 0.15) is 0 Å². The maximum atomic E-state index is 12.3. The summed E-state index contributed by atoms with van der Waals surface area (Å²) in [5, 5.41) is 0. The van der Waals surface area contributed by atoms with Crippen LogP contribution in [-0.2, 0) is 4.79 Å². The molecule has 0 spiro atoms. The monoisotopic (exact) mass is 257 g/mol. The quantitative estimate of drug-likeness (QED) is 0.679. The molecule has 1 atom stereocenters. The number of nitrogens with two attached hydrogens (primary N) is 1. The van der Waals surface area contributed by atoms with Gasteiger partial charge in [-0.3, -0.25) is 4.79 Å². The Morgan fingerprint density at radius 2 is 1.83 bits per heavy atom. The summed E-state index contributed by atoms with van der Waals surface area (Å²) in [6.07, 6.45) is 1.57. The summed E-state index contributed by atoms with van der Waals surface area (Å²) in [7, 11) is 4.07. The lowest BCUT2D eigenvalue weighted by Crippen LogP contribution is -2.40. The molecule has 108 valence electrons. The third kappa shape index (κ3) is 7.67. The largest absolute Gasteiger partial charge is 0.341 e. The number of carbonyl (C=O) groups is 1. The van der Waals surface area contributed by atoms with Gasteiger partial charge in [0.25, 0.3) is 0 Å². The van der Waals surface area contributed by atoms with Gasteiger partial charge in [-0.1, -0.05) is 27.2 Å². The summed E-state index contributed by atoms with van der Waals surface area (Å²) in [5.74, 6) is 1.09. The van der Waals surface area contributed by atoms with E-state index in [1.807, 2.05) is 19.0 Å². The van der Waals surface area contributed by atoms with E-state index in [4.69, 9.17) is 5.73 Å². The zero-order chi connectivity index (χ0) is 14.1. The number of nitrogens with zero attached hydrogens (tertiary/aromatic N) is 2. The van der Waals surface area contributed by atoms with Crippen LogP contribution in [0.15, 0.2) is 0 Å². The SMILES string of the molecule is CCC(CN)CC(=O)N(CCN(C)C)CC(C)C. The summed E-state index contributed by atoms with van der Waals surface area (Å²) in [4.78, 5) is 16.4. The smallest absolute Gasteiger partial charge is 0.222 e. The molecule has 0 rings (SSSR count). The Morgan fingerprint density at radius 3 is 2.22 bits per heavy atom. The second kappa shape index (κ2) is 9.34. The highest BCUT2D eigenvalue weighted by Gasteiger charge is 2.18. The van der Waals surface area contributed by atoms with E-state index in [9.17, 15) is 4.79 Å². The maximum Gasteiger partial charge on any atom is 0.222 e. The molecule has 2 N–H and O–H groups in total. The molecule has 0 radical (unpaired) electrons. The molecule has 0 saturated heterocycles. The summed E-state index contributed by atoms with van der Waals surface area (Å²) in [5.41, 5.74) is 5.68. The van der Waals surface area contributed by atoms with Gasteiger partial charge in [0.2, 0.25) is 5.91 Å². The van der Waals surface area contributed by atoms with Crippen LogP contribution in [0.3, 0.4) is 0 Å². The van der Waals surface area contributed by atoms with Crippen molar-refractivity contribution in [2.45, 2.75) is 33.6 Å². The van der Waals surface area contributed by atoms with E-state index in [2.05, 4.69) is 25.7 Å². The average Bonchev–Trinajstić information content (AvgIpc) is 2.30. The maximum absolute atomic E-state index is 12.3. The summed E-state index contributed by atoms with van der Waals surface area (Å²) >= 11 is 0. The van der Waals surface area contributed by atoms with E-state index in [1.54, 1.807) is 0 Å². The lowest BCUT2D eigenvalue weighted by atomic mass is 10.0. The van der Waals surface area contributed by atoms with Crippen molar-refractivity contribution in [3.8, 4) is 0 Å². The van der Waals surface area contributed by atoms with Crippen LogP contribution in [0.25, 0.3) is 0 Å². The fourth-order valence-corrected chi connectivity index (χ4v) is 1.85. The van der Waals surface area contributed by atoms with Crippen LogP contribution in [0.2, 0.25) is 0 Å². The van der Waals surface area contributed by atoms with Crippen LogP contribution < -0.4 is 5.73 Å². The Balaban J connectivity index is 4.38. The highest BCUT2D eigenvalue weighted by atomic mass is 16.2. The number of likely N-dealkylation sites (N-methyl/N-ethyl adjacent to an activating group) is 1. The number of hydrogen-bond acceptors (Lipinski definition) is 3. The first-order chi connectivity index (χ1) is 8.40. The van der Waals surface area contributed by atoms with Gasteiger partial charge in [0, 0.05) is 26.1 Å². The van der Waals surface area contributed by atoms with E-state index < -0.39 is 0 Å². The third-order valence-corrected chi connectivity index (χ3v) is 3.13. The molecule has 4 heteroatoms. The molecule has 0 bridgehead atoms. The van der Waals surface area contributed by atoms with Gasteiger partial charge < -0.3 is 15.5 Å². The molecule has 0 aromatic carbocycles. The van der Waals surface area contributed by atoms with Crippen LogP contribution in [0.1, 0.15) is 33.6 Å². The minimum absolute atomic E-state index is 0.253. The van der Waals surface area contributed by atoms with Gasteiger partial charge in [-0.15, -0.1) is 0 Å². The van der Waals surface area contributed by atoms with E-state index in [0.29, 0.717) is 24.8 Å². The standard InChI is InChI=1S/C14H31N3O/c1-6-13(10-15)9-14(18)17(11-12(2)3)8-7-16(4)5/h12-13H,6-11,15H2,1-5H3. The molecule has 0 aliphatic carbocycles. The number of rotatable bonds is 9. The first kappa shape index (κ1) is 17.4. The normalized spacial score (nSPS) is 13.1. The molecule has 0 aromatic rings. The zero-order valence-corrected chi connectivity index (χ0v) is 12.8. The van der Waals surface area contributed by atoms with E-state index >= 15 is 0 Å². The first-order valence-electron chi connectivity index (χ1n) is 7.03. The Hall–Kier alpha value is -0.610. The molecular formula is C14H31N3O. The van der Waals surface area contributed by atoms with Crippen molar-refractivity contribution in [3.05, 3.63) is 0 Å². The highest BCUT2D eigenvalue weighted by Crippen LogP contribution is 2.10. The van der Waals surface area contributed by atoms with E-state index in [-0.39, 0.29) is 5.91 Å². The summed E-state index contributed by atoms with van der Waals surface area (Å²) < 4.78 is 0. The Labute approximate surface area is 113 Å². The van der Waals surface area contributed by atoms with E-state index in [1.165, 1.54) is 0 Å². The first-order valence-corrected chi connectivity index (χ1v) is 7.03. The van der Waals surface area contributed by atoms with Crippen molar-refractivity contribution in [1.82, 2.24) is 9.80 Å². The second-order valence-electron chi connectivity index (χ2n) is 5.75. The lowest BCUT2D eigenvalue weighted by molar-refractivity contribution is -0.132. The fourth-order valence-electron chi connectivity index (χ4n) is 1.85. The van der Waals surface area contributed by atoms with Crippen molar-refractivity contribution < 1.29 is 4.79 Å². The molecular weight excluding hydrogens is 226 g/mol. The highest BCUT2D eigenvalue weighted by molar-refractivity contribution is 5.76. The minimum atomic E-state index is 0.253. The van der Waals surface area contributed by atoms with Crippen LogP contribution >= 0.6 is 0 Å². The molecule has 0 aliphatic heterocycles. The van der Waals surface area contributed by atoms with E-state index in [0.717, 1.165) is 26.1 Å². The molecule has 0 aliphatic rings.